The zero-order chi connectivity index (χ0) is 11.1. The highest BCUT2D eigenvalue weighted by molar-refractivity contribution is 5.86. The van der Waals surface area contributed by atoms with Crippen molar-refractivity contribution in [3.63, 3.8) is 0 Å². The minimum Gasteiger partial charge on any atom is -0.261 e. The molecular weight excluding hydrogens is 189 g/mol. The Morgan fingerprint density at radius 2 is 1.87 bits per heavy atom. The van der Waals surface area contributed by atoms with Crippen molar-refractivity contribution in [3.05, 3.63) is 42.0 Å². The fraction of sp³-hybridized carbons (Fsp3) is 0.308. The van der Waals surface area contributed by atoms with Gasteiger partial charge in [0.2, 0.25) is 0 Å². The maximum absolute atomic E-state index is 13.7. The molecule has 2 aromatic rings. The van der Waals surface area contributed by atoms with E-state index in [0.717, 1.165) is 10.9 Å². The molecule has 1 aromatic carbocycles. The molecule has 0 aliphatic carbocycles. The minimum absolute atomic E-state index is 0.0539. The summed E-state index contributed by atoms with van der Waals surface area (Å²) in [6.07, 6.45) is 2.98. The average molecular weight is 203 g/mol. The van der Waals surface area contributed by atoms with Crippen LogP contribution in [0.5, 0.6) is 0 Å². The summed E-state index contributed by atoms with van der Waals surface area (Å²) >= 11 is 0. The van der Waals surface area contributed by atoms with E-state index in [0.29, 0.717) is 5.39 Å². The predicted octanol–water partition coefficient (Wildman–Crippen LogP) is 3.67. The van der Waals surface area contributed by atoms with Crippen molar-refractivity contribution >= 4 is 10.8 Å². The molecule has 0 bridgehead atoms. The van der Waals surface area contributed by atoms with Gasteiger partial charge in [-0.1, -0.05) is 39.0 Å². The van der Waals surface area contributed by atoms with Gasteiger partial charge in [-0.15, -0.1) is 0 Å². The molecule has 0 amide bonds. The van der Waals surface area contributed by atoms with Crippen LogP contribution < -0.4 is 0 Å². The van der Waals surface area contributed by atoms with Crippen LogP contribution in [0.4, 0.5) is 4.39 Å². The first-order valence-corrected chi connectivity index (χ1v) is 5.03. The van der Waals surface area contributed by atoms with Crippen LogP contribution in [0, 0.1) is 5.82 Å². The largest absolute Gasteiger partial charge is 0.261 e. The molecule has 0 saturated heterocycles. The second-order valence-corrected chi connectivity index (χ2v) is 4.78. The van der Waals surface area contributed by atoms with E-state index < -0.39 is 0 Å². The number of nitrogens with zero attached hydrogens (tertiary/aromatic N) is 1. The van der Waals surface area contributed by atoms with Gasteiger partial charge in [0.25, 0.3) is 0 Å². The Labute approximate surface area is 89.0 Å². The van der Waals surface area contributed by atoms with Crippen LogP contribution >= 0.6 is 0 Å². The van der Waals surface area contributed by atoms with Crippen molar-refractivity contribution in [1.29, 1.82) is 0 Å². The Hall–Kier alpha value is -1.44. The van der Waals surface area contributed by atoms with E-state index in [-0.39, 0.29) is 11.2 Å². The standard InChI is InChI=1S/C13H14FN/c1-13(2,3)10-6-4-5-9-7-15-8-11(14)12(9)10/h4-8H,1-3H3. The highest BCUT2D eigenvalue weighted by Crippen LogP contribution is 2.30. The molecular formula is C13H14FN. The second-order valence-electron chi connectivity index (χ2n) is 4.78. The normalized spacial score (nSPS) is 12.0. The zero-order valence-electron chi connectivity index (χ0n) is 9.21. The molecule has 1 heterocycles. The molecule has 2 heteroatoms. The van der Waals surface area contributed by atoms with Gasteiger partial charge in [-0.05, 0) is 11.0 Å². The third-order valence-corrected chi connectivity index (χ3v) is 2.55. The Morgan fingerprint density at radius 1 is 1.13 bits per heavy atom. The number of fused-ring (bicyclic) bond motifs is 1. The van der Waals surface area contributed by atoms with Gasteiger partial charge in [0, 0.05) is 17.0 Å². The molecule has 15 heavy (non-hydrogen) atoms. The summed E-state index contributed by atoms with van der Waals surface area (Å²) in [6, 6.07) is 5.82. The summed E-state index contributed by atoms with van der Waals surface area (Å²) in [5.41, 5.74) is 0.974. The van der Waals surface area contributed by atoms with Crippen LogP contribution in [0.15, 0.2) is 30.6 Å². The van der Waals surface area contributed by atoms with Crippen molar-refractivity contribution in [2.45, 2.75) is 26.2 Å². The molecule has 2 rings (SSSR count). The van der Waals surface area contributed by atoms with Crippen LogP contribution in [-0.2, 0) is 5.41 Å². The second kappa shape index (κ2) is 3.30. The summed E-state index contributed by atoms with van der Waals surface area (Å²) in [5, 5.41) is 1.56. The molecule has 0 aliphatic rings. The number of hydrogen-bond donors (Lipinski definition) is 0. The van der Waals surface area contributed by atoms with Crippen molar-refractivity contribution in [2.24, 2.45) is 0 Å². The average Bonchev–Trinajstić information content (AvgIpc) is 2.16. The quantitative estimate of drug-likeness (QED) is 0.636. The van der Waals surface area contributed by atoms with Crippen LogP contribution in [0.1, 0.15) is 26.3 Å². The van der Waals surface area contributed by atoms with E-state index >= 15 is 0 Å². The zero-order valence-corrected chi connectivity index (χ0v) is 9.21. The molecule has 0 saturated carbocycles. The summed E-state index contributed by atoms with van der Waals surface area (Å²) in [7, 11) is 0. The number of halogens is 1. The highest BCUT2D eigenvalue weighted by Gasteiger charge is 2.18. The van der Waals surface area contributed by atoms with Crippen LogP contribution in [0.25, 0.3) is 10.8 Å². The smallest absolute Gasteiger partial charge is 0.149 e. The molecule has 0 spiro atoms. The maximum Gasteiger partial charge on any atom is 0.149 e. The lowest BCUT2D eigenvalue weighted by Gasteiger charge is -2.21. The predicted molar refractivity (Wildman–Crippen MR) is 60.4 cm³/mol. The molecule has 0 aliphatic heterocycles. The van der Waals surface area contributed by atoms with Crippen molar-refractivity contribution < 1.29 is 4.39 Å². The Kier molecular flexibility index (Phi) is 2.22. The molecule has 0 radical (unpaired) electrons. The number of pyridine rings is 1. The molecule has 1 aromatic heterocycles. The van der Waals surface area contributed by atoms with Crippen LogP contribution in [0.3, 0.4) is 0 Å². The number of benzene rings is 1. The van der Waals surface area contributed by atoms with E-state index in [1.807, 2.05) is 18.2 Å². The third kappa shape index (κ3) is 1.72. The summed E-state index contributed by atoms with van der Waals surface area (Å²) in [5.74, 6) is -0.238. The molecule has 0 N–H and O–H groups in total. The Morgan fingerprint density at radius 3 is 2.53 bits per heavy atom. The van der Waals surface area contributed by atoms with Crippen LogP contribution in [0.2, 0.25) is 0 Å². The van der Waals surface area contributed by atoms with E-state index in [1.165, 1.54) is 6.20 Å². The van der Waals surface area contributed by atoms with Gasteiger partial charge < -0.3 is 0 Å². The number of hydrogen-bond acceptors (Lipinski definition) is 1. The molecule has 0 atom stereocenters. The van der Waals surface area contributed by atoms with Crippen molar-refractivity contribution in [1.82, 2.24) is 4.98 Å². The fourth-order valence-electron chi connectivity index (χ4n) is 1.82. The van der Waals surface area contributed by atoms with Crippen molar-refractivity contribution in [3.8, 4) is 0 Å². The third-order valence-electron chi connectivity index (χ3n) is 2.55. The SMILES string of the molecule is CC(C)(C)c1cccc2cncc(F)c12. The summed E-state index contributed by atoms with van der Waals surface area (Å²) in [6.45, 7) is 6.25. The summed E-state index contributed by atoms with van der Waals surface area (Å²) < 4.78 is 13.7. The monoisotopic (exact) mass is 203 g/mol. The number of rotatable bonds is 0. The van der Waals surface area contributed by atoms with Gasteiger partial charge >= 0.3 is 0 Å². The first-order valence-electron chi connectivity index (χ1n) is 5.03. The van der Waals surface area contributed by atoms with Gasteiger partial charge in [-0.2, -0.15) is 0 Å². The van der Waals surface area contributed by atoms with E-state index in [1.54, 1.807) is 6.20 Å². The van der Waals surface area contributed by atoms with E-state index in [4.69, 9.17) is 0 Å². The summed E-state index contributed by atoms with van der Waals surface area (Å²) in [4.78, 5) is 3.86. The molecule has 0 fully saturated rings. The highest BCUT2D eigenvalue weighted by atomic mass is 19.1. The lowest BCUT2D eigenvalue weighted by molar-refractivity contribution is 0.585. The van der Waals surface area contributed by atoms with Gasteiger partial charge in [0.15, 0.2) is 0 Å². The van der Waals surface area contributed by atoms with E-state index in [2.05, 4.69) is 25.8 Å². The lowest BCUT2D eigenvalue weighted by Crippen LogP contribution is -2.12. The molecule has 0 unspecified atom stereocenters. The fourth-order valence-corrected chi connectivity index (χ4v) is 1.82. The molecule has 1 nitrogen and oxygen atoms in total. The van der Waals surface area contributed by atoms with Gasteiger partial charge in [-0.25, -0.2) is 4.39 Å². The Balaban J connectivity index is 2.86. The van der Waals surface area contributed by atoms with Gasteiger partial charge in [-0.3, -0.25) is 4.98 Å². The first-order chi connectivity index (χ1) is 7.00. The van der Waals surface area contributed by atoms with Crippen LogP contribution in [-0.4, -0.2) is 4.98 Å². The topological polar surface area (TPSA) is 12.9 Å². The first kappa shape index (κ1) is 10.1. The lowest BCUT2D eigenvalue weighted by atomic mass is 9.84. The minimum atomic E-state index is -0.238. The van der Waals surface area contributed by atoms with Gasteiger partial charge in [0.05, 0.1) is 6.20 Å². The molecule has 78 valence electrons. The van der Waals surface area contributed by atoms with E-state index in [9.17, 15) is 4.39 Å². The maximum atomic E-state index is 13.7. The van der Waals surface area contributed by atoms with Gasteiger partial charge in [0.1, 0.15) is 5.82 Å². The number of aromatic nitrogens is 1. The Bertz CT molecular complexity index is 492. The van der Waals surface area contributed by atoms with Crippen molar-refractivity contribution in [2.75, 3.05) is 0 Å².